The van der Waals surface area contributed by atoms with Gasteiger partial charge in [-0.1, -0.05) is 0 Å². The summed E-state index contributed by atoms with van der Waals surface area (Å²) in [7, 11) is 1.47. The van der Waals surface area contributed by atoms with Crippen molar-refractivity contribution in [3.8, 4) is 5.75 Å². The standard InChI is InChI=1S/C26H27F4N3O4/c1-13-11-33(12-14(2)36-13)24(34)17-6-7-23(21(27)8-17)37-15(3)18-9-19-22(10-20(18)26(28,29)30)31-16(4)32(5)25(19)35/h6-10,13-15H,11-12H2,1-5H3. The zero-order chi connectivity index (χ0) is 27.2. The summed E-state index contributed by atoms with van der Waals surface area (Å²) >= 11 is 0. The fourth-order valence-corrected chi connectivity index (χ4v) is 4.54. The topological polar surface area (TPSA) is 73.7 Å². The Morgan fingerprint density at radius 3 is 2.41 bits per heavy atom. The number of nitrogens with zero attached hydrogens (tertiary/aromatic N) is 3. The minimum absolute atomic E-state index is 0.0121. The van der Waals surface area contributed by atoms with E-state index in [0.29, 0.717) is 13.1 Å². The molecular weight excluding hydrogens is 494 g/mol. The number of ether oxygens (including phenoxy) is 2. The maximum absolute atomic E-state index is 15.0. The van der Waals surface area contributed by atoms with Crippen LogP contribution in [0.3, 0.4) is 0 Å². The number of aromatic nitrogens is 2. The summed E-state index contributed by atoms with van der Waals surface area (Å²) in [6, 6.07) is 5.48. The number of fused-ring (bicyclic) bond motifs is 1. The predicted octanol–water partition coefficient (Wildman–Crippen LogP) is 4.79. The van der Waals surface area contributed by atoms with Gasteiger partial charge in [-0.15, -0.1) is 0 Å². The second-order valence-corrected chi connectivity index (χ2v) is 9.35. The molecule has 0 bridgehead atoms. The Balaban J connectivity index is 1.65. The first-order valence-electron chi connectivity index (χ1n) is 11.8. The summed E-state index contributed by atoms with van der Waals surface area (Å²) in [6.45, 7) is 7.24. The quantitative estimate of drug-likeness (QED) is 0.462. The van der Waals surface area contributed by atoms with Crippen molar-refractivity contribution in [3.05, 3.63) is 69.0 Å². The van der Waals surface area contributed by atoms with Gasteiger partial charge in [-0.3, -0.25) is 14.2 Å². The second kappa shape index (κ2) is 9.77. The van der Waals surface area contributed by atoms with Crippen molar-refractivity contribution in [3.63, 3.8) is 0 Å². The number of carbonyl (C=O) groups is 1. The molecule has 4 rings (SSSR count). The van der Waals surface area contributed by atoms with Gasteiger partial charge in [0.15, 0.2) is 11.6 Å². The van der Waals surface area contributed by atoms with Gasteiger partial charge in [-0.2, -0.15) is 13.2 Å². The maximum Gasteiger partial charge on any atom is 0.416 e. The molecule has 1 aliphatic heterocycles. The van der Waals surface area contributed by atoms with Crippen LogP contribution in [0.15, 0.2) is 35.1 Å². The Hall–Kier alpha value is -3.47. The van der Waals surface area contributed by atoms with Crippen LogP contribution in [0.4, 0.5) is 17.6 Å². The summed E-state index contributed by atoms with van der Waals surface area (Å²) in [5.74, 6) is -1.33. The fraction of sp³-hybridized carbons (Fsp3) is 0.423. The molecule has 0 N–H and O–H groups in total. The van der Waals surface area contributed by atoms with E-state index in [1.54, 1.807) is 4.90 Å². The number of benzene rings is 2. The monoisotopic (exact) mass is 521 g/mol. The van der Waals surface area contributed by atoms with Gasteiger partial charge in [0.2, 0.25) is 0 Å². The van der Waals surface area contributed by atoms with Crippen LogP contribution in [-0.2, 0) is 18.0 Å². The van der Waals surface area contributed by atoms with Crippen molar-refractivity contribution in [1.82, 2.24) is 14.5 Å². The van der Waals surface area contributed by atoms with Crippen LogP contribution in [-0.4, -0.2) is 45.7 Å². The first-order chi connectivity index (χ1) is 17.3. The van der Waals surface area contributed by atoms with Crippen molar-refractivity contribution < 1.29 is 31.8 Å². The smallest absolute Gasteiger partial charge is 0.416 e. The minimum Gasteiger partial charge on any atom is -0.483 e. The molecule has 7 nitrogen and oxygen atoms in total. The molecule has 2 heterocycles. The van der Waals surface area contributed by atoms with Crippen LogP contribution in [0.1, 0.15) is 54.2 Å². The second-order valence-electron chi connectivity index (χ2n) is 9.35. The van der Waals surface area contributed by atoms with E-state index in [9.17, 15) is 27.2 Å². The van der Waals surface area contributed by atoms with Crippen LogP contribution < -0.4 is 10.3 Å². The summed E-state index contributed by atoms with van der Waals surface area (Å²) in [5.41, 5.74) is -1.88. The Morgan fingerprint density at radius 2 is 1.81 bits per heavy atom. The van der Waals surface area contributed by atoms with E-state index < -0.39 is 29.2 Å². The molecule has 0 radical (unpaired) electrons. The molecule has 1 aromatic heterocycles. The van der Waals surface area contributed by atoms with Crippen LogP contribution in [0.25, 0.3) is 10.9 Å². The number of hydrogen-bond donors (Lipinski definition) is 0. The third-order valence-corrected chi connectivity index (χ3v) is 6.40. The zero-order valence-corrected chi connectivity index (χ0v) is 21.0. The highest BCUT2D eigenvalue weighted by Crippen LogP contribution is 2.38. The molecule has 0 spiro atoms. The number of rotatable bonds is 4. The van der Waals surface area contributed by atoms with Gasteiger partial charge in [-0.05, 0) is 58.0 Å². The van der Waals surface area contributed by atoms with Gasteiger partial charge in [0.25, 0.3) is 11.5 Å². The number of amides is 1. The Labute approximate surface area is 210 Å². The number of alkyl halides is 3. The molecule has 0 aliphatic carbocycles. The summed E-state index contributed by atoms with van der Waals surface area (Å²) in [5, 5.41) is -0.0121. The SMILES string of the molecule is Cc1nc2cc(C(F)(F)F)c(C(C)Oc3ccc(C(=O)N4CC(C)OC(C)C4)cc3F)cc2c(=O)n1C. The number of halogens is 4. The highest BCUT2D eigenvalue weighted by molar-refractivity contribution is 5.94. The van der Waals surface area contributed by atoms with Crippen molar-refractivity contribution in [2.24, 2.45) is 7.05 Å². The van der Waals surface area contributed by atoms with Crippen molar-refractivity contribution >= 4 is 16.8 Å². The summed E-state index contributed by atoms with van der Waals surface area (Å²) in [6.07, 6.45) is -6.37. The molecule has 1 amide bonds. The molecule has 0 saturated carbocycles. The molecular formula is C26H27F4N3O4. The van der Waals surface area contributed by atoms with E-state index in [2.05, 4.69) is 4.98 Å². The predicted molar refractivity (Wildman–Crippen MR) is 128 cm³/mol. The van der Waals surface area contributed by atoms with Crippen molar-refractivity contribution in [1.29, 1.82) is 0 Å². The van der Waals surface area contributed by atoms with Crippen molar-refractivity contribution in [2.75, 3.05) is 13.1 Å². The lowest BCUT2D eigenvalue weighted by Crippen LogP contribution is -2.48. The van der Waals surface area contributed by atoms with E-state index in [1.165, 1.54) is 37.6 Å². The molecule has 3 atom stereocenters. The number of aryl methyl sites for hydroxylation is 1. The van der Waals surface area contributed by atoms with Gasteiger partial charge < -0.3 is 14.4 Å². The van der Waals surface area contributed by atoms with E-state index in [1.807, 2.05) is 13.8 Å². The van der Waals surface area contributed by atoms with Gasteiger partial charge in [-0.25, -0.2) is 9.37 Å². The largest absolute Gasteiger partial charge is 0.483 e. The van der Waals surface area contributed by atoms with E-state index in [0.717, 1.165) is 18.2 Å². The summed E-state index contributed by atoms with van der Waals surface area (Å²) in [4.78, 5) is 31.2. The molecule has 1 aliphatic rings. The van der Waals surface area contributed by atoms with Gasteiger partial charge in [0.05, 0.1) is 28.7 Å². The average molecular weight is 522 g/mol. The van der Waals surface area contributed by atoms with Crippen LogP contribution in [0, 0.1) is 12.7 Å². The summed E-state index contributed by atoms with van der Waals surface area (Å²) < 4.78 is 69.1. The first kappa shape index (κ1) is 26.6. The lowest BCUT2D eigenvalue weighted by molar-refractivity contribution is -0.138. The number of carbonyl (C=O) groups excluding carboxylic acids is 1. The van der Waals surface area contributed by atoms with Crippen LogP contribution in [0.2, 0.25) is 0 Å². The molecule has 3 aromatic rings. The van der Waals surface area contributed by atoms with E-state index in [4.69, 9.17) is 9.47 Å². The molecule has 1 fully saturated rings. The molecule has 11 heteroatoms. The fourth-order valence-electron chi connectivity index (χ4n) is 4.54. The number of hydrogen-bond acceptors (Lipinski definition) is 5. The van der Waals surface area contributed by atoms with Gasteiger partial charge in [0.1, 0.15) is 11.9 Å². The van der Waals surface area contributed by atoms with Crippen LogP contribution >= 0.6 is 0 Å². The lowest BCUT2D eigenvalue weighted by atomic mass is 9.99. The van der Waals surface area contributed by atoms with Gasteiger partial charge in [0, 0.05) is 31.3 Å². The molecule has 37 heavy (non-hydrogen) atoms. The Bertz CT molecular complexity index is 1410. The molecule has 3 unspecified atom stereocenters. The Morgan fingerprint density at radius 1 is 1.16 bits per heavy atom. The lowest BCUT2D eigenvalue weighted by Gasteiger charge is -2.35. The zero-order valence-electron chi connectivity index (χ0n) is 21.0. The average Bonchev–Trinajstić information content (AvgIpc) is 2.81. The molecule has 2 aromatic carbocycles. The minimum atomic E-state index is -4.76. The number of morpholine rings is 1. The van der Waals surface area contributed by atoms with E-state index >= 15 is 0 Å². The molecule has 1 saturated heterocycles. The third-order valence-electron chi connectivity index (χ3n) is 6.40. The first-order valence-corrected chi connectivity index (χ1v) is 11.8. The maximum atomic E-state index is 15.0. The van der Waals surface area contributed by atoms with Crippen molar-refractivity contribution in [2.45, 2.75) is 52.2 Å². The highest BCUT2D eigenvalue weighted by atomic mass is 19.4. The van der Waals surface area contributed by atoms with E-state index in [-0.39, 0.29) is 51.7 Å². The highest BCUT2D eigenvalue weighted by Gasteiger charge is 2.36. The van der Waals surface area contributed by atoms with Gasteiger partial charge >= 0.3 is 6.18 Å². The Kier molecular flexibility index (Phi) is 7.02. The normalized spacial score (nSPS) is 19.2. The molecule has 198 valence electrons. The van der Waals surface area contributed by atoms with Crippen LogP contribution in [0.5, 0.6) is 5.75 Å². The third kappa shape index (κ3) is 5.31.